The predicted molar refractivity (Wildman–Crippen MR) is 52.0 cm³/mol. The molecule has 80 valence electrons. The van der Waals surface area contributed by atoms with Crippen LogP contribution >= 0.6 is 0 Å². The Kier molecular flexibility index (Phi) is 3.62. The normalized spacial score (nSPS) is 26.1. The van der Waals surface area contributed by atoms with E-state index in [1.807, 2.05) is 0 Å². The Bertz CT molecular complexity index is 234. The van der Waals surface area contributed by atoms with Gasteiger partial charge in [-0.1, -0.05) is 6.58 Å². The molecule has 0 spiro atoms. The van der Waals surface area contributed by atoms with Gasteiger partial charge in [0.1, 0.15) is 13.2 Å². The van der Waals surface area contributed by atoms with E-state index in [0.717, 1.165) is 0 Å². The van der Waals surface area contributed by atoms with Crippen molar-refractivity contribution in [1.29, 1.82) is 0 Å². The van der Waals surface area contributed by atoms with Gasteiger partial charge < -0.3 is 14.6 Å². The molecule has 0 bridgehead atoms. The maximum absolute atomic E-state index is 11.8. The molecule has 5 heteroatoms. The van der Waals surface area contributed by atoms with E-state index in [9.17, 15) is 10.0 Å². The Morgan fingerprint density at radius 1 is 1.71 bits per heavy atom. The van der Waals surface area contributed by atoms with Crippen LogP contribution in [0.3, 0.4) is 0 Å². The number of hydrogen-bond acceptors (Lipinski definition) is 4. The highest BCUT2D eigenvalue weighted by Crippen LogP contribution is 2.11. The molecule has 0 saturated carbocycles. The van der Waals surface area contributed by atoms with Crippen LogP contribution in [-0.2, 0) is 9.53 Å². The van der Waals surface area contributed by atoms with Crippen LogP contribution in [0.4, 0.5) is 0 Å². The van der Waals surface area contributed by atoms with Crippen molar-refractivity contribution in [2.75, 3.05) is 32.9 Å². The maximum Gasteiger partial charge on any atom is 0.339 e. The van der Waals surface area contributed by atoms with Crippen molar-refractivity contribution in [1.82, 2.24) is 5.32 Å². The number of nitrogens with one attached hydrogen (secondary N) is 1. The van der Waals surface area contributed by atoms with Crippen LogP contribution in [0.25, 0.3) is 0 Å². The van der Waals surface area contributed by atoms with Gasteiger partial charge in [-0.05, 0) is 6.92 Å². The van der Waals surface area contributed by atoms with Crippen molar-refractivity contribution in [2.45, 2.75) is 6.92 Å². The highest BCUT2D eigenvalue weighted by molar-refractivity contribution is 5.87. The van der Waals surface area contributed by atoms with E-state index < -0.39 is 10.6 Å². The number of hydrogen-bond donors (Lipinski definition) is 1. The monoisotopic (exact) mass is 200 g/mol. The molecule has 0 aromatic carbocycles. The lowest BCUT2D eigenvalue weighted by atomic mass is 10.3. The molecule has 1 unspecified atom stereocenters. The summed E-state index contributed by atoms with van der Waals surface area (Å²) in [4.78, 5) is 11.2. The molecule has 1 N–H and O–H groups in total. The van der Waals surface area contributed by atoms with E-state index >= 15 is 0 Å². The van der Waals surface area contributed by atoms with E-state index in [1.54, 1.807) is 6.92 Å². The van der Waals surface area contributed by atoms with E-state index in [-0.39, 0.29) is 12.1 Å². The molecule has 0 radical (unpaired) electrons. The zero-order valence-corrected chi connectivity index (χ0v) is 8.41. The fourth-order valence-electron chi connectivity index (χ4n) is 1.43. The molecule has 1 rings (SSSR count). The molecular weight excluding hydrogens is 184 g/mol. The molecule has 1 saturated heterocycles. The minimum Gasteiger partial charge on any atom is -0.632 e. The van der Waals surface area contributed by atoms with Gasteiger partial charge in [0.15, 0.2) is 0 Å². The minimum atomic E-state index is -0.465. The highest BCUT2D eigenvalue weighted by Gasteiger charge is 2.25. The van der Waals surface area contributed by atoms with Crippen LogP contribution in [0.2, 0.25) is 0 Å². The Hall–Kier alpha value is -0.910. The first kappa shape index (κ1) is 11.2. The van der Waals surface area contributed by atoms with Gasteiger partial charge in [0.2, 0.25) is 0 Å². The molecule has 0 aliphatic carbocycles. The summed E-state index contributed by atoms with van der Waals surface area (Å²) in [6.07, 6.45) is 0. The Morgan fingerprint density at radius 3 is 2.93 bits per heavy atom. The molecule has 1 aliphatic heterocycles. The van der Waals surface area contributed by atoms with Gasteiger partial charge in [-0.3, -0.25) is 5.32 Å². The second-order valence-electron chi connectivity index (χ2n) is 3.42. The molecule has 1 heterocycles. The van der Waals surface area contributed by atoms with Crippen molar-refractivity contribution < 1.29 is 14.2 Å². The van der Waals surface area contributed by atoms with Crippen LogP contribution < -0.4 is 5.32 Å². The summed E-state index contributed by atoms with van der Waals surface area (Å²) in [5.74, 6) is -0.465. The fourth-order valence-corrected chi connectivity index (χ4v) is 1.43. The zero-order chi connectivity index (χ0) is 10.6. The van der Waals surface area contributed by atoms with Gasteiger partial charge >= 0.3 is 5.97 Å². The van der Waals surface area contributed by atoms with Gasteiger partial charge in [-0.2, -0.15) is 0 Å². The molecular formula is C9H16N2O3. The number of quaternary nitrogens is 1. The summed E-state index contributed by atoms with van der Waals surface area (Å²) < 4.78 is 4.33. The predicted octanol–water partition coefficient (Wildman–Crippen LogP) is -0.0190. The van der Waals surface area contributed by atoms with Gasteiger partial charge in [0, 0.05) is 0 Å². The van der Waals surface area contributed by atoms with E-state index in [1.165, 1.54) is 0 Å². The average Bonchev–Trinajstić information content (AvgIpc) is 2.52. The lowest BCUT2D eigenvalue weighted by Crippen LogP contribution is -2.43. The molecule has 1 aliphatic rings. The highest BCUT2D eigenvalue weighted by atomic mass is 16.6. The first-order valence-corrected chi connectivity index (χ1v) is 4.70. The topological polar surface area (TPSA) is 61.4 Å². The smallest absolute Gasteiger partial charge is 0.339 e. The molecule has 14 heavy (non-hydrogen) atoms. The molecule has 0 aromatic rings. The van der Waals surface area contributed by atoms with Crippen LogP contribution in [-0.4, -0.2) is 43.5 Å². The van der Waals surface area contributed by atoms with Crippen LogP contribution in [0.5, 0.6) is 0 Å². The SMILES string of the molecule is C=C(C[N+]1([O-])CCNC1)C(=O)OCC. The summed E-state index contributed by atoms with van der Waals surface area (Å²) in [5, 5.41) is 14.8. The first-order valence-electron chi connectivity index (χ1n) is 4.70. The third kappa shape index (κ3) is 2.80. The third-order valence-electron chi connectivity index (χ3n) is 2.14. The Morgan fingerprint density at radius 2 is 2.43 bits per heavy atom. The number of carbonyl (C=O) groups is 1. The van der Waals surface area contributed by atoms with E-state index in [4.69, 9.17) is 4.74 Å². The lowest BCUT2D eigenvalue weighted by molar-refractivity contribution is -0.863. The number of hydroxylamine groups is 3. The van der Waals surface area contributed by atoms with Gasteiger partial charge in [0.25, 0.3) is 0 Å². The maximum atomic E-state index is 11.8. The first-order chi connectivity index (χ1) is 6.57. The molecule has 1 atom stereocenters. The minimum absolute atomic E-state index is 0.117. The summed E-state index contributed by atoms with van der Waals surface area (Å²) in [6, 6.07) is 0. The zero-order valence-electron chi connectivity index (χ0n) is 8.41. The van der Waals surface area contributed by atoms with Crippen molar-refractivity contribution in [2.24, 2.45) is 0 Å². The van der Waals surface area contributed by atoms with Gasteiger partial charge in [-0.25, -0.2) is 4.79 Å². The molecule has 0 amide bonds. The summed E-state index contributed by atoms with van der Waals surface area (Å²) in [5.41, 5.74) is 0.255. The van der Waals surface area contributed by atoms with Gasteiger partial charge in [-0.15, -0.1) is 0 Å². The van der Waals surface area contributed by atoms with Crippen LogP contribution in [0, 0.1) is 5.21 Å². The number of carbonyl (C=O) groups excluding carboxylic acids is 1. The quantitative estimate of drug-likeness (QED) is 0.300. The van der Waals surface area contributed by atoms with Crippen molar-refractivity contribution >= 4 is 5.97 Å². The van der Waals surface area contributed by atoms with E-state index in [0.29, 0.717) is 26.4 Å². The second kappa shape index (κ2) is 4.54. The lowest BCUT2D eigenvalue weighted by Gasteiger charge is -2.37. The summed E-state index contributed by atoms with van der Waals surface area (Å²) in [7, 11) is 0. The number of nitrogens with zero attached hydrogens (tertiary/aromatic N) is 1. The Labute approximate surface area is 83.5 Å². The Balaban J connectivity index is 2.43. The summed E-state index contributed by atoms with van der Waals surface area (Å²) >= 11 is 0. The standard InChI is InChI=1S/C9H16N2O3/c1-3-14-9(12)8(2)6-11(13)5-4-10-7-11/h10H,2-7H2,1H3. The largest absolute Gasteiger partial charge is 0.632 e. The number of ether oxygens (including phenoxy) is 1. The number of rotatable bonds is 4. The van der Waals surface area contributed by atoms with Crippen molar-refractivity contribution in [3.05, 3.63) is 17.4 Å². The second-order valence-corrected chi connectivity index (χ2v) is 3.42. The third-order valence-corrected chi connectivity index (χ3v) is 2.14. The van der Waals surface area contributed by atoms with Crippen molar-refractivity contribution in [3.8, 4) is 0 Å². The van der Waals surface area contributed by atoms with E-state index in [2.05, 4.69) is 11.9 Å². The van der Waals surface area contributed by atoms with Crippen LogP contribution in [0.15, 0.2) is 12.2 Å². The average molecular weight is 200 g/mol. The molecule has 5 nitrogen and oxygen atoms in total. The summed E-state index contributed by atoms with van der Waals surface area (Å²) in [6.45, 7) is 7.25. The fraction of sp³-hybridized carbons (Fsp3) is 0.667. The van der Waals surface area contributed by atoms with Gasteiger partial charge in [0.05, 0.1) is 25.3 Å². The van der Waals surface area contributed by atoms with Crippen molar-refractivity contribution in [3.63, 3.8) is 0 Å². The molecule has 1 fully saturated rings. The van der Waals surface area contributed by atoms with Crippen LogP contribution in [0.1, 0.15) is 6.92 Å². The number of esters is 1. The molecule has 0 aromatic heterocycles.